The van der Waals surface area contributed by atoms with E-state index in [4.69, 9.17) is 0 Å². The number of hydrogen-bond donors (Lipinski definition) is 0. The van der Waals surface area contributed by atoms with E-state index in [0.29, 0.717) is 0 Å². The Balaban J connectivity index is 0.00000210. The van der Waals surface area contributed by atoms with Gasteiger partial charge in [0.2, 0.25) is 0 Å². The van der Waals surface area contributed by atoms with E-state index in [-0.39, 0.29) is 22.4 Å². The molecule has 3 aromatic carbocycles. The van der Waals surface area contributed by atoms with Crippen LogP contribution in [0.4, 0.5) is 0 Å². The Hall–Kier alpha value is -2.39. The maximum atomic E-state index is 4.46. The Bertz CT molecular complexity index is 1010. The molecule has 4 aromatic rings. The molecule has 0 aliphatic rings. The third kappa shape index (κ3) is 5.08. The van der Waals surface area contributed by atoms with Gasteiger partial charge in [-0.25, -0.2) is 0 Å². The Kier molecular flexibility index (Phi) is 6.46. The number of aromatic nitrogens is 2. The molecule has 1 aromatic heterocycles. The van der Waals surface area contributed by atoms with Crippen LogP contribution in [0.2, 0.25) is 0 Å². The van der Waals surface area contributed by atoms with Crippen LogP contribution >= 0.6 is 0 Å². The van der Waals surface area contributed by atoms with Gasteiger partial charge in [-0.2, -0.15) is 100 Å². The zero-order valence-electron chi connectivity index (χ0n) is 15.0. The molecule has 0 saturated heterocycles. The average molecular weight is 532 g/mol. The van der Waals surface area contributed by atoms with Crippen LogP contribution < -0.4 is 0 Å². The summed E-state index contributed by atoms with van der Waals surface area (Å²) in [7, 11) is 0. The van der Waals surface area contributed by atoms with Crippen LogP contribution in [-0.4, -0.2) is 9.78 Å². The van der Waals surface area contributed by atoms with E-state index in [2.05, 4.69) is 59.7 Å². The predicted molar refractivity (Wildman–Crippen MR) is 103 cm³/mol. The third-order valence-corrected chi connectivity index (χ3v) is 4.26. The van der Waals surface area contributed by atoms with Crippen molar-refractivity contribution in [2.24, 2.45) is 0 Å². The van der Waals surface area contributed by atoms with Crippen LogP contribution in [0.5, 0.6) is 0 Å². The summed E-state index contributed by atoms with van der Waals surface area (Å²) in [6.45, 7) is 1.99. The SMILES string of the molecule is Cc1ccn(-c2[c-]c(Cc3[c-]c(Cc4[c-]cccc4)ccc3)ccc2)n1.[Au+3]. The Morgan fingerprint density at radius 3 is 2.11 bits per heavy atom. The first-order valence-electron chi connectivity index (χ1n) is 8.76. The van der Waals surface area contributed by atoms with E-state index in [1.54, 1.807) is 0 Å². The standard InChI is InChI=1S/C24H19N2.Au/c1-19-13-14-26(25-19)24-12-6-11-23(18-24)17-22-10-5-9-21(16-22)15-20-7-3-2-4-8-20;/h2-7,9-14H,15,17H2,1H3;/q-3;+3. The first kappa shape index (κ1) is 19.4. The summed E-state index contributed by atoms with van der Waals surface area (Å²) in [4.78, 5) is 0. The number of benzene rings is 3. The molecule has 0 amide bonds. The first-order chi connectivity index (χ1) is 12.8. The van der Waals surface area contributed by atoms with Crippen LogP contribution in [0.15, 0.2) is 72.9 Å². The number of nitrogens with zero attached hydrogens (tertiary/aromatic N) is 2. The largest absolute Gasteiger partial charge is 3.00 e. The van der Waals surface area contributed by atoms with Crippen molar-refractivity contribution >= 4 is 0 Å². The minimum atomic E-state index is 0. The molecule has 27 heavy (non-hydrogen) atoms. The molecule has 0 aliphatic carbocycles. The molecule has 0 spiro atoms. The molecule has 0 fully saturated rings. The normalized spacial score (nSPS) is 10.4. The smallest absolute Gasteiger partial charge is 0.265 e. The van der Waals surface area contributed by atoms with Gasteiger partial charge in [0, 0.05) is 6.20 Å². The summed E-state index contributed by atoms with van der Waals surface area (Å²) in [5, 5.41) is 4.46. The van der Waals surface area contributed by atoms with Crippen LogP contribution in [0, 0.1) is 25.1 Å². The van der Waals surface area contributed by atoms with Gasteiger partial charge >= 0.3 is 22.4 Å². The number of aryl methyl sites for hydroxylation is 1. The van der Waals surface area contributed by atoms with Crippen LogP contribution in [-0.2, 0) is 35.2 Å². The van der Waals surface area contributed by atoms with Crippen molar-refractivity contribution in [3.8, 4) is 5.69 Å². The Labute approximate surface area is 176 Å². The van der Waals surface area contributed by atoms with Crippen molar-refractivity contribution < 1.29 is 22.4 Å². The van der Waals surface area contributed by atoms with Gasteiger partial charge in [-0.05, 0) is 31.5 Å². The van der Waals surface area contributed by atoms with Gasteiger partial charge in [-0.3, -0.25) is 4.68 Å². The predicted octanol–water partition coefficient (Wildman–Crippen LogP) is 4.76. The fourth-order valence-electron chi connectivity index (χ4n) is 3.02. The maximum Gasteiger partial charge on any atom is 3.00 e. The second-order valence-electron chi connectivity index (χ2n) is 6.41. The summed E-state index contributed by atoms with van der Waals surface area (Å²) in [5.41, 5.74) is 6.64. The Morgan fingerprint density at radius 2 is 1.44 bits per heavy atom. The summed E-state index contributed by atoms with van der Waals surface area (Å²) in [5.74, 6) is 0. The molecule has 136 valence electrons. The zero-order valence-corrected chi connectivity index (χ0v) is 17.2. The molecule has 0 saturated carbocycles. The summed E-state index contributed by atoms with van der Waals surface area (Å²) < 4.78 is 1.87. The van der Waals surface area contributed by atoms with E-state index in [0.717, 1.165) is 29.8 Å². The van der Waals surface area contributed by atoms with Crippen LogP contribution in [0.3, 0.4) is 0 Å². The van der Waals surface area contributed by atoms with Gasteiger partial charge in [-0.1, -0.05) is 0 Å². The van der Waals surface area contributed by atoms with Crippen molar-refractivity contribution in [3.05, 3.63) is 119 Å². The van der Waals surface area contributed by atoms with Gasteiger partial charge in [-0.15, -0.1) is 6.07 Å². The molecule has 0 radical (unpaired) electrons. The molecule has 2 nitrogen and oxygen atoms in total. The zero-order chi connectivity index (χ0) is 17.8. The van der Waals surface area contributed by atoms with Crippen molar-refractivity contribution in [2.75, 3.05) is 0 Å². The molecule has 3 heteroatoms. The van der Waals surface area contributed by atoms with Crippen molar-refractivity contribution in [2.45, 2.75) is 19.8 Å². The quantitative estimate of drug-likeness (QED) is 0.268. The molecular weight excluding hydrogens is 513 g/mol. The van der Waals surface area contributed by atoms with Gasteiger partial charge in [0.1, 0.15) is 0 Å². The number of hydrogen-bond acceptors (Lipinski definition) is 1. The van der Waals surface area contributed by atoms with E-state index in [1.165, 1.54) is 16.7 Å². The average Bonchev–Trinajstić information content (AvgIpc) is 3.10. The molecule has 1 heterocycles. The van der Waals surface area contributed by atoms with Crippen molar-refractivity contribution in [1.82, 2.24) is 9.78 Å². The summed E-state index contributed by atoms with van der Waals surface area (Å²) in [6.07, 6.45) is 3.62. The summed E-state index contributed by atoms with van der Waals surface area (Å²) in [6, 6.07) is 32.9. The minimum absolute atomic E-state index is 0. The second-order valence-corrected chi connectivity index (χ2v) is 6.41. The van der Waals surface area contributed by atoms with Crippen molar-refractivity contribution in [3.63, 3.8) is 0 Å². The summed E-state index contributed by atoms with van der Waals surface area (Å²) >= 11 is 0. The molecule has 0 bridgehead atoms. The maximum absolute atomic E-state index is 4.46. The monoisotopic (exact) mass is 532 g/mol. The molecule has 0 unspecified atom stereocenters. The van der Waals surface area contributed by atoms with E-state index >= 15 is 0 Å². The fraction of sp³-hybridized carbons (Fsp3) is 0.125. The minimum Gasteiger partial charge on any atom is -0.265 e. The van der Waals surface area contributed by atoms with Gasteiger partial charge < -0.3 is 0 Å². The molecule has 0 aliphatic heterocycles. The molecule has 0 atom stereocenters. The van der Waals surface area contributed by atoms with Crippen LogP contribution in [0.1, 0.15) is 27.9 Å². The second kappa shape index (κ2) is 9.01. The van der Waals surface area contributed by atoms with E-state index in [9.17, 15) is 0 Å². The number of rotatable bonds is 5. The Morgan fingerprint density at radius 1 is 0.778 bits per heavy atom. The topological polar surface area (TPSA) is 17.8 Å². The molecular formula is C24H19AuN2. The van der Waals surface area contributed by atoms with E-state index in [1.807, 2.05) is 48.1 Å². The van der Waals surface area contributed by atoms with Gasteiger partial charge in [0.25, 0.3) is 0 Å². The first-order valence-corrected chi connectivity index (χ1v) is 8.76. The fourth-order valence-corrected chi connectivity index (χ4v) is 3.02. The van der Waals surface area contributed by atoms with Crippen molar-refractivity contribution in [1.29, 1.82) is 0 Å². The van der Waals surface area contributed by atoms with Crippen LogP contribution in [0.25, 0.3) is 5.69 Å². The van der Waals surface area contributed by atoms with Gasteiger partial charge in [0.05, 0.1) is 5.69 Å². The van der Waals surface area contributed by atoms with Gasteiger partial charge in [0.15, 0.2) is 0 Å². The third-order valence-electron chi connectivity index (χ3n) is 4.26. The molecule has 0 N–H and O–H groups in total. The molecule has 4 rings (SSSR count). The van der Waals surface area contributed by atoms with E-state index < -0.39 is 0 Å².